The van der Waals surface area contributed by atoms with Crippen LogP contribution in [0.5, 0.6) is 5.75 Å². The Morgan fingerprint density at radius 1 is 1.36 bits per heavy atom. The predicted molar refractivity (Wildman–Crippen MR) is 98.0 cm³/mol. The second-order valence-corrected chi connectivity index (χ2v) is 7.54. The van der Waals surface area contributed by atoms with Gasteiger partial charge >= 0.3 is 0 Å². The zero-order valence-corrected chi connectivity index (χ0v) is 15.3. The zero-order valence-electron chi connectivity index (χ0n) is 15.3. The molecule has 6 heteroatoms. The van der Waals surface area contributed by atoms with Gasteiger partial charge in [0.1, 0.15) is 5.75 Å². The number of ether oxygens (including phenoxy) is 1. The van der Waals surface area contributed by atoms with Gasteiger partial charge in [0, 0.05) is 30.8 Å². The number of aryl methyl sites for hydroxylation is 1. The van der Waals surface area contributed by atoms with Crippen LogP contribution in [0.3, 0.4) is 0 Å². The van der Waals surface area contributed by atoms with Crippen LogP contribution in [0.2, 0.25) is 0 Å². The molecule has 0 unspecified atom stereocenters. The summed E-state index contributed by atoms with van der Waals surface area (Å²) >= 11 is 0. The molecule has 2 heterocycles. The molecule has 134 valence electrons. The number of carbonyl (C=O) groups is 1. The van der Waals surface area contributed by atoms with E-state index in [9.17, 15) is 4.79 Å². The maximum absolute atomic E-state index is 12.3. The largest absolute Gasteiger partial charge is 0.483 e. The van der Waals surface area contributed by atoms with E-state index in [2.05, 4.69) is 54.6 Å². The second-order valence-electron chi connectivity index (χ2n) is 7.54. The van der Waals surface area contributed by atoms with E-state index in [-0.39, 0.29) is 17.9 Å². The van der Waals surface area contributed by atoms with Gasteiger partial charge in [-0.3, -0.25) is 9.89 Å². The van der Waals surface area contributed by atoms with Crippen LogP contribution in [0.1, 0.15) is 43.2 Å². The van der Waals surface area contributed by atoms with Crippen LogP contribution in [0.4, 0.5) is 5.82 Å². The first-order valence-corrected chi connectivity index (χ1v) is 8.65. The maximum Gasteiger partial charge on any atom is 0.263 e. The van der Waals surface area contributed by atoms with Crippen molar-refractivity contribution in [3.8, 4) is 5.75 Å². The molecule has 1 amide bonds. The molecule has 3 rings (SSSR count). The molecule has 1 aromatic carbocycles. The summed E-state index contributed by atoms with van der Waals surface area (Å²) in [7, 11) is 0. The third kappa shape index (κ3) is 4.02. The van der Waals surface area contributed by atoms with Crippen molar-refractivity contribution in [1.82, 2.24) is 15.5 Å². The van der Waals surface area contributed by atoms with E-state index in [1.165, 1.54) is 5.56 Å². The Bertz CT molecular complexity index is 774. The highest BCUT2D eigenvalue weighted by Crippen LogP contribution is 2.32. The van der Waals surface area contributed by atoms with Crippen LogP contribution < -0.4 is 15.4 Å². The molecule has 2 aromatic rings. The van der Waals surface area contributed by atoms with Crippen molar-refractivity contribution in [2.45, 2.75) is 46.1 Å². The van der Waals surface area contributed by atoms with Gasteiger partial charge in [0.05, 0.1) is 0 Å². The van der Waals surface area contributed by atoms with Crippen LogP contribution in [-0.4, -0.2) is 29.3 Å². The number of benzene rings is 1. The molecule has 1 aliphatic rings. The van der Waals surface area contributed by atoms with E-state index in [0.29, 0.717) is 12.4 Å². The molecule has 0 radical (unpaired) electrons. The van der Waals surface area contributed by atoms with Crippen LogP contribution in [0.15, 0.2) is 18.2 Å². The minimum Gasteiger partial charge on any atom is -0.483 e. The highest BCUT2D eigenvalue weighted by molar-refractivity contribution is 5.91. The van der Waals surface area contributed by atoms with Crippen molar-refractivity contribution in [3.63, 3.8) is 0 Å². The number of hydrogen-bond acceptors (Lipinski definition) is 4. The first kappa shape index (κ1) is 17.5. The number of aromatic amines is 1. The van der Waals surface area contributed by atoms with Gasteiger partial charge in [0.25, 0.3) is 5.91 Å². The number of nitrogens with one attached hydrogen (secondary N) is 3. The fourth-order valence-corrected chi connectivity index (χ4v) is 3.00. The highest BCUT2D eigenvalue weighted by atomic mass is 16.5. The fourth-order valence-electron chi connectivity index (χ4n) is 3.00. The lowest BCUT2D eigenvalue weighted by Crippen LogP contribution is -2.26. The quantitative estimate of drug-likeness (QED) is 0.798. The van der Waals surface area contributed by atoms with Gasteiger partial charge in [0.15, 0.2) is 12.4 Å². The average molecular weight is 342 g/mol. The topological polar surface area (TPSA) is 79.0 Å². The monoisotopic (exact) mass is 342 g/mol. The molecule has 0 saturated heterocycles. The number of rotatable bonds is 4. The van der Waals surface area contributed by atoms with Gasteiger partial charge in [-0.25, -0.2) is 0 Å². The summed E-state index contributed by atoms with van der Waals surface area (Å²) in [5, 5.41) is 13.3. The van der Waals surface area contributed by atoms with Crippen molar-refractivity contribution in [1.29, 1.82) is 0 Å². The lowest BCUT2D eigenvalue weighted by atomic mass is 9.85. The van der Waals surface area contributed by atoms with Crippen LogP contribution >= 0.6 is 0 Å². The Labute approximate surface area is 148 Å². The minimum atomic E-state index is -0.208. The summed E-state index contributed by atoms with van der Waals surface area (Å²) in [6, 6.07) is 6.05. The van der Waals surface area contributed by atoms with Gasteiger partial charge in [0.2, 0.25) is 0 Å². The third-order valence-electron chi connectivity index (χ3n) is 4.37. The number of nitrogens with zero attached hydrogens (tertiary/aromatic N) is 1. The Balaban J connectivity index is 1.66. The van der Waals surface area contributed by atoms with Crippen molar-refractivity contribution in [2.75, 3.05) is 18.5 Å². The molecule has 3 N–H and O–H groups in total. The number of anilines is 1. The van der Waals surface area contributed by atoms with Gasteiger partial charge in [-0.2, -0.15) is 5.10 Å². The Morgan fingerprint density at radius 2 is 2.16 bits per heavy atom. The number of hydrogen-bond donors (Lipinski definition) is 3. The number of fused-ring (bicyclic) bond motifs is 1. The van der Waals surface area contributed by atoms with Crippen LogP contribution in [0, 0.1) is 6.92 Å². The van der Waals surface area contributed by atoms with Gasteiger partial charge in [-0.05, 0) is 24.0 Å². The molecule has 1 aromatic heterocycles. The number of carbonyl (C=O) groups excluding carboxylic acids is 1. The third-order valence-corrected chi connectivity index (χ3v) is 4.37. The second kappa shape index (κ2) is 6.88. The normalized spacial score (nSPS) is 14.1. The van der Waals surface area contributed by atoms with Crippen molar-refractivity contribution >= 4 is 11.7 Å². The Morgan fingerprint density at radius 3 is 2.92 bits per heavy atom. The lowest BCUT2D eigenvalue weighted by molar-refractivity contribution is -0.118. The summed E-state index contributed by atoms with van der Waals surface area (Å²) in [4.78, 5) is 12.3. The van der Waals surface area contributed by atoms with E-state index >= 15 is 0 Å². The first-order valence-electron chi connectivity index (χ1n) is 8.65. The van der Waals surface area contributed by atoms with Crippen LogP contribution in [0.25, 0.3) is 0 Å². The average Bonchev–Trinajstić information content (AvgIpc) is 2.96. The predicted octanol–water partition coefficient (Wildman–Crippen LogP) is 2.68. The number of aromatic nitrogens is 2. The summed E-state index contributed by atoms with van der Waals surface area (Å²) in [6.45, 7) is 10.1. The molecule has 6 nitrogen and oxygen atoms in total. The molecular formula is C19H26N4O2. The molecule has 0 aliphatic carbocycles. The van der Waals surface area contributed by atoms with Crippen molar-refractivity contribution in [3.05, 3.63) is 40.6 Å². The standard InChI is InChI=1S/C19H26N4O2/c1-12-5-6-16(14(9-12)19(2,3)4)25-11-17(24)21-18-13-10-20-8-7-15(13)22-23-18/h5-6,9,20H,7-8,10-11H2,1-4H3,(H2,21,22,23,24). The van der Waals surface area contributed by atoms with Crippen molar-refractivity contribution < 1.29 is 9.53 Å². The SMILES string of the molecule is Cc1ccc(OCC(=O)Nc2n[nH]c3c2CNCC3)c(C(C)(C)C)c1. The molecule has 25 heavy (non-hydrogen) atoms. The Hall–Kier alpha value is -2.34. The number of H-pyrrole nitrogens is 1. The zero-order chi connectivity index (χ0) is 18.0. The fraction of sp³-hybridized carbons (Fsp3) is 0.474. The highest BCUT2D eigenvalue weighted by Gasteiger charge is 2.21. The van der Waals surface area contributed by atoms with Gasteiger partial charge < -0.3 is 15.4 Å². The molecule has 0 atom stereocenters. The molecule has 1 aliphatic heterocycles. The summed E-state index contributed by atoms with van der Waals surface area (Å²) < 4.78 is 5.81. The van der Waals surface area contributed by atoms with Gasteiger partial charge in [-0.15, -0.1) is 0 Å². The summed E-state index contributed by atoms with van der Waals surface area (Å²) in [5.74, 6) is 1.13. The minimum absolute atomic E-state index is 0.0405. The van der Waals surface area contributed by atoms with E-state index in [0.717, 1.165) is 35.5 Å². The Kier molecular flexibility index (Phi) is 4.81. The first-order chi connectivity index (χ1) is 11.8. The summed E-state index contributed by atoms with van der Waals surface area (Å²) in [5.41, 5.74) is 4.35. The summed E-state index contributed by atoms with van der Waals surface area (Å²) in [6.07, 6.45) is 0.896. The van der Waals surface area contributed by atoms with E-state index < -0.39 is 0 Å². The molecule has 0 spiro atoms. The molecule has 0 fully saturated rings. The number of amides is 1. The van der Waals surface area contributed by atoms with E-state index in [1.54, 1.807) is 0 Å². The van der Waals surface area contributed by atoms with E-state index in [1.807, 2.05) is 12.1 Å². The molecular weight excluding hydrogens is 316 g/mol. The van der Waals surface area contributed by atoms with Crippen LogP contribution in [-0.2, 0) is 23.2 Å². The van der Waals surface area contributed by atoms with Gasteiger partial charge in [-0.1, -0.05) is 38.5 Å². The maximum atomic E-state index is 12.3. The molecule has 0 saturated carbocycles. The molecule has 0 bridgehead atoms. The van der Waals surface area contributed by atoms with Crippen molar-refractivity contribution in [2.24, 2.45) is 0 Å². The van der Waals surface area contributed by atoms with E-state index in [4.69, 9.17) is 4.74 Å². The lowest BCUT2D eigenvalue weighted by Gasteiger charge is -2.23. The smallest absolute Gasteiger partial charge is 0.263 e.